The van der Waals surface area contributed by atoms with E-state index in [4.69, 9.17) is 4.74 Å². The molecule has 22 heavy (non-hydrogen) atoms. The lowest BCUT2D eigenvalue weighted by Crippen LogP contribution is -2.36. The van der Waals surface area contributed by atoms with Crippen molar-refractivity contribution in [2.45, 2.75) is 38.8 Å². The summed E-state index contributed by atoms with van der Waals surface area (Å²) >= 11 is 0. The Morgan fingerprint density at radius 1 is 1.27 bits per heavy atom. The average molecular weight is 296 g/mol. The van der Waals surface area contributed by atoms with E-state index in [0.717, 1.165) is 24.3 Å². The highest BCUT2D eigenvalue weighted by Crippen LogP contribution is 2.26. The number of pyridine rings is 1. The molecule has 0 saturated carbocycles. The fourth-order valence-corrected chi connectivity index (χ4v) is 2.70. The smallest absolute Gasteiger partial charge is 0.261 e. The first kappa shape index (κ1) is 14.6. The molecule has 1 heterocycles. The molecular weight excluding hydrogens is 276 g/mol. The molecule has 1 aliphatic carbocycles. The van der Waals surface area contributed by atoms with Crippen LogP contribution in [0.5, 0.6) is 5.75 Å². The van der Waals surface area contributed by atoms with E-state index in [1.165, 1.54) is 17.5 Å². The first-order valence-electron chi connectivity index (χ1n) is 7.68. The van der Waals surface area contributed by atoms with Crippen molar-refractivity contribution in [2.24, 2.45) is 0 Å². The molecular formula is C18H20N2O2. The van der Waals surface area contributed by atoms with Crippen molar-refractivity contribution in [3.8, 4) is 5.75 Å². The maximum atomic E-state index is 12.1. The van der Waals surface area contributed by atoms with Crippen molar-refractivity contribution in [2.75, 3.05) is 0 Å². The van der Waals surface area contributed by atoms with Crippen molar-refractivity contribution in [1.29, 1.82) is 0 Å². The van der Waals surface area contributed by atoms with E-state index in [-0.39, 0.29) is 5.91 Å². The molecule has 4 heteroatoms. The summed E-state index contributed by atoms with van der Waals surface area (Å²) in [6.45, 7) is 2.18. The second kappa shape index (κ2) is 6.60. The zero-order chi connectivity index (χ0) is 15.4. The van der Waals surface area contributed by atoms with Gasteiger partial charge in [0.25, 0.3) is 5.91 Å². The standard InChI is InChI=1S/C18H20N2O2/c1-13(18(21)20-12-16-7-2-3-10-19-16)22-17-9-8-14-5-4-6-15(14)11-17/h2-3,7-11,13H,4-6,12H2,1H3,(H,20,21). The van der Waals surface area contributed by atoms with Gasteiger partial charge in [-0.05, 0) is 61.6 Å². The molecule has 1 amide bonds. The van der Waals surface area contributed by atoms with E-state index in [2.05, 4.69) is 22.4 Å². The Balaban J connectivity index is 1.55. The number of hydrogen-bond acceptors (Lipinski definition) is 3. The van der Waals surface area contributed by atoms with Gasteiger partial charge < -0.3 is 10.1 Å². The normalized spacial score (nSPS) is 14.2. The van der Waals surface area contributed by atoms with Crippen LogP contribution in [0.15, 0.2) is 42.6 Å². The third-order valence-corrected chi connectivity index (χ3v) is 3.92. The number of aromatic nitrogens is 1. The maximum absolute atomic E-state index is 12.1. The van der Waals surface area contributed by atoms with Gasteiger partial charge in [-0.25, -0.2) is 0 Å². The molecule has 0 saturated heterocycles. The van der Waals surface area contributed by atoms with E-state index in [1.54, 1.807) is 13.1 Å². The van der Waals surface area contributed by atoms with Gasteiger partial charge >= 0.3 is 0 Å². The van der Waals surface area contributed by atoms with Crippen molar-refractivity contribution < 1.29 is 9.53 Å². The zero-order valence-corrected chi connectivity index (χ0v) is 12.7. The molecule has 0 fully saturated rings. The first-order valence-corrected chi connectivity index (χ1v) is 7.68. The third-order valence-electron chi connectivity index (χ3n) is 3.92. The monoisotopic (exact) mass is 296 g/mol. The Bertz CT molecular complexity index is 655. The minimum Gasteiger partial charge on any atom is -0.481 e. The summed E-state index contributed by atoms with van der Waals surface area (Å²) in [6.07, 6.45) is 4.65. The molecule has 0 bridgehead atoms. The quantitative estimate of drug-likeness (QED) is 0.923. The van der Waals surface area contributed by atoms with E-state index in [0.29, 0.717) is 6.54 Å². The second-order valence-corrected chi connectivity index (χ2v) is 5.58. The van der Waals surface area contributed by atoms with Crippen molar-refractivity contribution in [3.05, 3.63) is 59.4 Å². The Hall–Kier alpha value is -2.36. The lowest BCUT2D eigenvalue weighted by molar-refractivity contribution is -0.127. The summed E-state index contributed by atoms with van der Waals surface area (Å²) in [6, 6.07) is 11.8. The van der Waals surface area contributed by atoms with Crippen LogP contribution in [0.25, 0.3) is 0 Å². The number of hydrogen-bond donors (Lipinski definition) is 1. The number of amides is 1. The molecule has 1 aromatic carbocycles. The Morgan fingerprint density at radius 3 is 2.95 bits per heavy atom. The molecule has 0 spiro atoms. The molecule has 0 aliphatic heterocycles. The van der Waals surface area contributed by atoms with Gasteiger partial charge in [0.1, 0.15) is 5.75 Å². The molecule has 1 N–H and O–H groups in total. The fourth-order valence-electron chi connectivity index (χ4n) is 2.70. The van der Waals surface area contributed by atoms with Gasteiger partial charge in [0.05, 0.1) is 12.2 Å². The molecule has 2 aromatic rings. The van der Waals surface area contributed by atoms with Crippen molar-refractivity contribution in [3.63, 3.8) is 0 Å². The Labute approximate surface area is 130 Å². The van der Waals surface area contributed by atoms with Crippen molar-refractivity contribution in [1.82, 2.24) is 10.3 Å². The third kappa shape index (κ3) is 3.45. The molecule has 1 aliphatic rings. The molecule has 3 rings (SSSR count). The van der Waals surface area contributed by atoms with Gasteiger partial charge in [0.2, 0.25) is 0 Å². The van der Waals surface area contributed by atoms with E-state index in [9.17, 15) is 4.79 Å². The molecule has 0 radical (unpaired) electrons. The van der Waals surface area contributed by atoms with Crippen LogP contribution in [0.3, 0.4) is 0 Å². The number of carbonyl (C=O) groups excluding carboxylic acids is 1. The predicted octanol–water partition coefficient (Wildman–Crippen LogP) is 2.65. The van der Waals surface area contributed by atoms with Gasteiger partial charge in [-0.15, -0.1) is 0 Å². The lowest BCUT2D eigenvalue weighted by atomic mass is 10.1. The number of nitrogens with zero attached hydrogens (tertiary/aromatic N) is 1. The average Bonchev–Trinajstić information content (AvgIpc) is 3.01. The summed E-state index contributed by atoms with van der Waals surface area (Å²) in [5.41, 5.74) is 3.58. The van der Waals surface area contributed by atoms with Crippen LogP contribution in [-0.4, -0.2) is 17.0 Å². The van der Waals surface area contributed by atoms with Crippen LogP contribution >= 0.6 is 0 Å². The molecule has 1 aromatic heterocycles. The number of benzene rings is 1. The van der Waals surface area contributed by atoms with E-state index >= 15 is 0 Å². The van der Waals surface area contributed by atoms with Gasteiger partial charge in [0, 0.05) is 6.20 Å². The highest BCUT2D eigenvalue weighted by molar-refractivity contribution is 5.80. The first-order chi connectivity index (χ1) is 10.7. The van der Waals surface area contributed by atoms with Gasteiger partial charge in [-0.3, -0.25) is 9.78 Å². The number of rotatable bonds is 5. The molecule has 4 nitrogen and oxygen atoms in total. The minimum atomic E-state index is -0.525. The summed E-state index contributed by atoms with van der Waals surface area (Å²) in [5.74, 6) is 0.632. The van der Waals surface area contributed by atoms with Gasteiger partial charge in [0.15, 0.2) is 6.10 Å². The second-order valence-electron chi connectivity index (χ2n) is 5.58. The molecule has 1 atom stereocenters. The van der Waals surface area contributed by atoms with Gasteiger partial charge in [-0.1, -0.05) is 12.1 Å². The zero-order valence-electron chi connectivity index (χ0n) is 12.7. The van der Waals surface area contributed by atoms with Crippen LogP contribution in [-0.2, 0) is 24.2 Å². The Morgan fingerprint density at radius 2 is 2.14 bits per heavy atom. The van der Waals surface area contributed by atoms with Crippen LogP contribution < -0.4 is 10.1 Å². The highest BCUT2D eigenvalue weighted by atomic mass is 16.5. The van der Waals surface area contributed by atoms with Crippen LogP contribution in [0, 0.1) is 0 Å². The summed E-state index contributed by atoms with van der Waals surface area (Å²) in [7, 11) is 0. The highest BCUT2D eigenvalue weighted by Gasteiger charge is 2.16. The van der Waals surface area contributed by atoms with E-state index < -0.39 is 6.10 Å². The largest absolute Gasteiger partial charge is 0.481 e. The number of fused-ring (bicyclic) bond motifs is 1. The van der Waals surface area contributed by atoms with E-state index in [1.807, 2.05) is 24.3 Å². The molecule has 1 unspecified atom stereocenters. The SMILES string of the molecule is CC(Oc1ccc2c(c1)CCC2)C(=O)NCc1ccccn1. The topological polar surface area (TPSA) is 51.2 Å². The van der Waals surface area contributed by atoms with Gasteiger partial charge in [-0.2, -0.15) is 0 Å². The Kier molecular flexibility index (Phi) is 4.37. The lowest BCUT2D eigenvalue weighted by Gasteiger charge is -2.15. The number of ether oxygens (including phenoxy) is 1. The minimum absolute atomic E-state index is 0.133. The maximum Gasteiger partial charge on any atom is 0.261 e. The van der Waals surface area contributed by atoms with Crippen LogP contribution in [0.4, 0.5) is 0 Å². The van der Waals surface area contributed by atoms with Crippen molar-refractivity contribution >= 4 is 5.91 Å². The fraction of sp³-hybridized carbons (Fsp3) is 0.333. The number of carbonyl (C=O) groups is 1. The molecule has 114 valence electrons. The number of nitrogens with one attached hydrogen (secondary N) is 1. The summed E-state index contributed by atoms with van der Waals surface area (Å²) in [5, 5.41) is 2.84. The predicted molar refractivity (Wildman–Crippen MR) is 84.6 cm³/mol. The number of aryl methyl sites for hydroxylation is 2. The van der Waals surface area contributed by atoms with Crippen LogP contribution in [0.1, 0.15) is 30.2 Å². The summed E-state index contributed by atoms with van der Waals surface area (Å²) < 4.78 is 5.76. The summed E-state index contributed by atoms with van der Waals surface area (Å²) in [4.78, 5) is 16.3. The van der Waals surface area contributed by atoms with Crippen LogP contribution in [0.2, 0.25) is 0 Å².